The van der Waals surface area contributed by atoms with E-state index in [9.17, 15) is 8.42 Å². The minimum Gasteiger partial charge on any atom is -0.279 e. The Labute approximate surface area is 135 Å². The molecule has 0 aliphatic rings. The molecule has 0 aliphatic carbocycles. The van der Waals surface area contributed by atoms with E-state index in [-0.39, 0.29) is 10.0 Å². The number of halogens is 3. The first-order chi connectivity index (χ1) is 9.29. The van der Waals surface area contributed by atoms with E-state index in [1.807, 2.05) is 0 Å². The van der Waals surface area contributed by atoms with Crippen molar-refractivity contribution in [1.82, 2.24) is 4.98 Å². The van der Waals surface area contributed by atoms with E-state index in [0.29, 0.717) is 15.2 Å². The topological polar surface area (TPSA) is 59.1 Å². The normalized spacial score (nSPS) is 11.4. The maximum atomic E-state index is 12.3. The Morgan fingerprint density at radius 2 is 1.95 bits per heavy atom. The van der Waals surface area contributed by atoms with Crippen LogP contribution in [0.5, 0.6) is 0 Å². The van der Waals surface area contributed by atoms with Gasteiger partial charge in [0.05, 0.1) is 5.69 Å². The van der Waals surface area contributed by atoms with Crippen LogP contribution in [0.1, 0.15) is 5.56 Å². The maximum Gasteiger partial charge on any atom is 0.265 e. The number of nitrogens with one attached hydrogen (secondary N) is 1. The van der Waals surface area contributed by atoms with Crippen molar-refractivity contribution in [2.24, 2.45) is 0 Å². The summed E-state index contributed by atoms with van der Waals surface area (Å²) in [5.74, 6) is 0. The third-order valence-corrected chi connectivity index (χ3v) is 4.97. The zero-order valence-electron chi connectivity index (χ0n) is 10.2. The summed E-state index contributed by atoms with van der Waals surface area (Å²) >= 11 is 14.9. The Morgan fingerprint density at radius 3 is 2.65 bits per heavy atom. The molecule has 0 fully saturated rings. The summed E-state index contributed by atoms with van der Waals surface area (Å²) in [6, 6.07) is 6.33. The van der Waals surface area contributed by atoms with Gasteiger partial charge in [-0.15, -0.1) is 0 Å². The first kappa shape index (κ1) is 15.6. The molecule has 0 amide bonds. The smallest absolute Gasteiger partial charge is 0.265 e. The van der Waals surface area contributed by atoms with Gasteiger partial charge in [-0.25, -0.2) is 13.4 Å². The summed E-state index contributed by atoms with van der Waals surface area (Å²) in [6.45, 7) is 1.77. The summed E-state index contributed by atoms with van der Waals surface area (Å²) in [6.07, 6.45) is 1.42. The van der Waals surface area contributed by atoms with Crippen LogP contribution >= 0.6 is 39.1 Å². The van der Waals surface area contributed by atoms with Gasteiger partial charge in [-0.3, -0.25) is 4.72 Å². The molecule has 4 nitrogen and oxygen atoms in total. The van der Waals surface area contributed by atoms with Gasteiger partial charge in [0.1, 0.15) is 10.0 Å². The number of sulfonamides is 1. The standard InChI is InChI=1S/C12H9BrCl2N2O2S/c1-7-2-3-9(14)5-10(7)17-20(18,19)11-4-8(13)6-16-12(11)15/h2-6,17H,1H3. The van der Waals surface area contributed by atoms with E-state index >= 15 is 0 Å². The molecule has 0 radical (unpaired) electrons. The molecular formula is C12H9BrCl2N2O2S. The van der Waals surface area contributed by atoms with E-state index in [1.54, 1.807) is 19.1 Å². The average Bonchev–Trinajstić information content (AvgIpc) is 2.36. The SMILES string of the molecule is Cc1ccc(Cl)cc1NS(=O)(=O)c1cc(Br)cnc1Cl. The van der Waals surface area contributed by atoms with Gasteiger partial charge in [0.15, 0.2) is 0 Å². The molecule has 1 aromatic heterocycles. The van der Waals surface area contributed by atoms with Gasteiger partial charge >= 0.3 is 0 Å². The van der Waals surface area contributed by atoms with E-state index < -0.39 is 10.0 Å². The lowest BCUT2D eigenvalue weighted by Crippen LogP contribution is -2.14. The third kappa shape index (κ3) is 3.44. The van der Waals surface area contributed by atoms with Gasteiger partial charge in [0.25, 0.3) is 10.0 Å². The lowest BCUT2D eigenvalue weighted by molar-refractivity contribution is 0.600. The van der Waals surface area contributed by atoms with Gasteiger partial charge in [0.2, 0.25) is 0 Å². The summed E-state index contributed by atoms with van der Waals surface area (Å²) in [7, 11) is -3.84. The van der Waals surface area contributed by atoms with E-state index in [4.69, 9.17) is 23.2 Å². The summed E-state index contributed by atoms with van der Waals surface area (Å²) in [5.41, 5.74) is 1.14. The zero-order chi connectivity index (χ0) is 14.9. The third-order valence-electron chi connectivity index (χ3n) is 2.51. The van der Waals surface area contributed by atoms with Gasteiger partial charge < -0.3 is 0 Å². The van der Waals surface area contributed by atoms with Crippen molar-refractivity contribution in [1.29, 1.82) is 0 Å². The largest absolute Gasteiger partial charge is 0.279 e. The van der Waals surface area contributed by atoms with Crippen LogP contribution < -0.4 is 4.72 Å². The molecule has 1 heterocycles. The van der Waals surface area contributed by atoms with Crippen molar-refractivity contribution in [2.45, 2.75) is 11.8 Å². The maximum absolute atomic E-state index is 12.3. The van der Waals surface area contributed by atoms with Crippen LogP contribution in [-0.4, -0.2) is 13.4 Å². The monoisotopic (exact) mass is 394 g/mol. The Hall–Kier alpha value is -0.820. The fourth-order valence-electron chi connectivity index (χ4n) is 1.50. The number of aromatic nitrogens is 1. The number of anilines is 1. The molecule has 0 saturated heterocycles. The molecular weight excluding hydrogens is 387 g/mol. The predicted octanol–water partition coefficient (Wildman–Crippen LogP) is 4.26. The Kier molecular flexibility index (Phi) is 4.59. The molecule has 0 unspecified atom stereocenters. The van der Waals surface area contributed by atoms with Crippen molar-refractivity contribution >= 4 is 54.8 Å². The highest BCUT2D eigenvalue weighted by Gasteiger charge is 2.20. The molecule has 20 heavy (non-hydrogen) atoms. The Morgan fingerprint density at radius 1 is 1.25 bits per heavy atom. The molecule has 1 N–H and O–H groups in total. The lowest BCUT2D eigenvalue weighted by atomic mass is 10.2. The lowest BCUT2D eigenvalue weighted by Gasteiger charge is -2.11. The quantitative estimate of drug-likeness (QED) is 0.789. The van der Waals surface area contributed by atoms with Crippen LogP contribution in [0.15, 0.2) is 39.8 Å². The van der Waals surface area contributed by atoms with Crippen LogP contribution in [0.2, 0.25) is 10.2 Å². The fraction of sp³-hybridized carbons (Fsp3) is 0.0833. The number of benzene rings is 1. The van der Waals surface area contributed by atoms with Crippen molar-refractivity contribution in [3.05, 3.63) is 50.7 Å². The number of hydrogen-bond donors (Lipinski definition) is 1. The molecule has 1 aromatic carbocycles. The number of pyridine rings is 1. The van der Waals surface area contributed by atoms with Crippen molar-refractivity contribution < 1.29 is 8.42 Å². The summed E-state index contributed by atoms with van der Waals surface area (Å²) in [5, 5.41) is 0.340. The first-order valence-electron chi connectivity index (χ1n) is 5.39. The minimum absolute atomic E-state index is 0.0969. The molecule has 0 spiro atoms. The van der Waals surface area contributed by atoms with Crippen molar-refractivity contribution in [2.75, 3.05) is 4.72 Å². The molecule has 106 valence electrons. The number of hydrogen-bond acceptors (Lipinski definition) is 3. The number of aryl methyl sites for hydroxylation is 1. The summed E-state index contributed by atoms with van der Waals surface area (Å²) in [4.78, 5) is 3.70. The highest BCUT2D eigenvalue weighted by molar-refractivity contribution is 9.10. The van der Waals surface area contributed by atoms with Gasteiger partial charge in [0, 0.05) is 15.7 Å². The van der Waals surface area contributed by atoms with E-state index in [0.717, 1.165) is 5.56 Å². The second-order valence-corrected chi connectivity index (χ2v) is 7.37. The number of nitrogens with zero attached hydrogens (tertiary/aromatic N) is 1. The minimum atomic E-state index is -3.84. The Balaban J connectivity index is 2.46. The van der Waals surface area contributed by atoms with Crippen LogP contribution in [0.25, 0.3) is 0 Å². The van der Waals surface area contributed by atoms with Gasteiger partial charge in [-0.2, -0.15) is 0 Å². The number of rotatable bonds is 3. The highest BCUT2D eigenvalue weighted by atomic mass is 79.9. The molecule has 0 aliphatic heterocycles. The van der Waals surface area contributed by atoms with Crippen LogP contribution in [0.4, 0.5) is 5.69 Å². The molecule has 0 atom stereocenters. The second-order valence-electron chi connectivity index (χ2n) is 4.01. The zero-order valence-corrected chi connectivity index (χ0v) is 14.1. The summed E-state index contributed by atoms with van der Waals surface area (Å²) < 4.78 is 27.7. The Bertz CT molecular complexity index is 766. The molecule has 2 aromatic rings. The van der Waals surface area contributed by atoms with Crippen LogP contribution in [-0.2, 0) is 10.0 Å². The molecule has 0 bridgehead atoms. The second kappa shape index (κ2) is 5.89. The average molecular weight is 396 g/mol. The van der Waals surface area contributed by atoms with Gasteiger partial charge in [-0.1, -0.05) is 29.3 Å². The van der Waals surface area contributed by atoms with E-state index in [1.165, 1.54) is 18.3 Å². The molecule has 8 heteroatoms. The van der Waals surface area contributed by atoms with Crippen molar-refractivity contribution in [3.63, 3.8) is 0 Å². The van der Waals surface area contributed by atoms with E-state index in [2.05, 4.69) is 25.6 Å². The molecule has 2 rings (SSSR count). The highest BCUT2D eigenvalue weighted by Crippen LogP contribution is 2.27. The predicted molar refractivity (Wildman–Crippen MR) is 83.9 cm³/mol. The van der Waals surface area contributed by atoms with Crippen molar-refractivity contribution in [3.8, 4) is 0 Å². The first-order valence-corrected chi connectivity index (χ1v) is 8.43. The van der Waals surface area contributed by atoms with Gasteiger partial charge in [-0.05, 0) is 46.6 Å². The van der Waals surface area contributed by atoms with Crippen LogP contribution in [0.3, 0.4) is 0 Å². The fourth-order valence-corrected chi connectivity index (χ4v) is 3.74. The van der Waals surface area contributed by atoms with Crippen LogP contribution in [0, 0.1) is 6.92 Å². The molecule has 0 saturated carbocycles.